The standard InChI is InChI=1S/C12H4F4N2/c13-8-3-2-7(10(14)11(8)15)9-4-1-6(5-17)12(16)18-9/h1-4H. The summed E-state index contributed by atoms with van der Waals surface area (Å²) in [6.07, 6.45) is 0. The van der Waals surface area contributed by atoms with Crippen LogP contribution in [0.25, 0.3) is 11.3 Å². The highest BCUT2D eigenvalue weighted by Crippen LogP contribution is 2.25. The zero-order chi connectivity index (χ0) is 13.3. The van der Waals surface area contributed by atoms with E-state index in [0.29, 0.717) is 6.07 Å². The molecule has 2 nitrogen and oxygen atoms in total. The van der Waals surface area contributed by atoms with Gasteiger partial charge in [-0.05, 0) is 24.3 Å². The molecule has 0 amide bonds. The first-order valence-corrected chi connectivity index (χ1v) is 4.75. The van der Waals surface area contributed by atoms with Crippen molar-refractivity contribution in [3.05, 3.63) is 53.2 Å². The Balaban J connectivity index is 2.60. The molecule has 0 radical (unpaired) electrons. The molecule has 1 heterocycles. The minimum absolute atomic E-state index is 0.220. The molecule has 0 atom stereocenters. The predicted molar refractivity (Wildman–Crippen MR) is 54.2 cm³/mol. The van der Waals surface area contributed by atoms with Gasteiger partial charge in [0, 0.05) is 5.56 Å². The van der Waals surface area contributed by atoms with Crippen molar-refractivity contribution in [3.8, 4) is 17.3 Å². The van der Waals surface area contributed by atoms with Gasteiger partial charge in [-0.3, -0.25) is 0 Å². The molecule has 0 saturated carbocycles. The van der Waals surface area contributed by atoms with Crippen LogP contribution in [0.5, 0.6) is 0 Å². The van der Waals surface area contributed by atoms with Crippen LogP contribution in [0.15, 0.2) is 24.3 Å². The van der Waals surface area contributed by atoms with Crippen molar-refractivity contribution in [3.63, 3.8) is 0 Å². The first-order valence-electron chi connectivity index (χ1n) is 4.75. The molecule has 0 unspecified atom stereocenters. The maximum Gasteiger partial charge on any atom is 0.231 e. The lowest BCUT2D eigenvalue weighted by Gasteiger charge is -2.04. The van der Waals surface area contributed by atoms with Crippen molar-refractivity contribution in [2.75, 3.05) is 0 Å². The Bertz CT molecular complexity index is 662. The molecule has 90 valence electrons. The highest BCUT2D eigenvalue weighted by Gasteiger charge is 2.16. The number of hydrogen-bond acceptors (Lipinski definition) is 2. The van der Waals surface area contributed by atoms with Crippen LogP contribution < -0.4 is 0 Å². The fourth-order valence-electron chi connectivity index (χ4n) is 1.39. The average Bonchev–Trinajstić information content (AvgIpc) is 2.36. The Morgan fingerprint density at radius 2 is 1.67 bits per heavy atom. The van der Waals surface area contributed by atoms with E-state index < -0.39 is 23.4 Å². The van der Waals surface area contributed by atoms with E-state index in [4.69, 9.17) is 5.26 Å². The van der Waals surface area contributed by atoms with Crippen LogP contribution in [0.3, 0.4) is 0 Å². The van der Waals surface area contributed by atoms with E-state index >= 15 is 0 Å². The van der Waals surface area contributed by atoms with Crippen LogP contribution in [0.1, 0.15) is 5.56 Å². The number of hydrogen-bond donors (Lipinski definition) is 0. The van der Waals surface area contributed by atoms with Gasteiger partial charge in [-0.1, -0.05) is 0 Å². The second-order valence-electron chi connectivity index (χ2n) is 3.37. The molecule has 0 aliphatic rings. The van der Waals surface area contributed by atoms with Gasteiger partial charge in [-0.25, -0.2) is 18.2 Å². The van der Waals surface area contributed by atoms with E-state index in [9.17, 15) is 17.6 Å². The molecule has 0 aliphatic carbocycles. The molecule has 0 saturated heterocycles. The van der Waals surface area contributed by atoms with Crippen LogP contribution in [0.4, 0.5) is 17.6 Å². The van der Waals surface area contributed by atoms with Gasteiger partial charge in [-0.15, -0.1) is 0 Å². The van der Waals surface area contributed by atoms with E-state index in [1.807, 2.05) is 0 Å². The molecule has 18 heavy (non-hydrogen) atoms. The van der Waals surface area contributed by atoms with Crippen molar-refractivity contribution in [1.29, 1.82) is 5.26 Å². The maximum absolute atomic E-state index is 13.4. The summed E-state index contributed by atoms with van der Waals surface area (Å²) in [6, 6.07) is 5.44. The van der Waals surface area contributed by atoms with Crippen LogP contribution in [-0.4, -0.2) is 4.98 Å². The molecule has 0 N–H and O–H groups in total. The van der Waals surface area contributed by atoms with Crippen molar-refractivity contribution in [1.82, 2.24) is 4.98 Å². The van der Waals surface area contributed by atoms with Crippen molar-refractivity contribution >= 4 is 0 Å². The summed E-state index contributed by atoms with van der Waals surface area (Å²) < 4.78 is 52.4. The largest absolute Gasteiger partial charge is 0.231 e. The molecule has 6 heteroatoms. The summed E-state index contributed by atoms with van der Waals surface area (Å²) in [5.74, 6) is -5.55. The Morgan fingerprint density at radius 3 is 2.28 bits per heavy atom. The molecule has 1 aromatic heterocycles. The van der Waals surface area contributed by atoms with Crippen molar-refractivity contribution in [2.45, 2.75) is 0 Å². The van der Waals surface area contributed by atoms with Gasteiger partial charge in [0.1, 0.15) is 11.6 Å². The summed E-state index contributed by atoms with van der Waals surface area (Å²) in [7, 11) is 0. The number of rotatable bonds is 1. The number of halogens is 4. The quantitative estimate of drug-likeness (QED) is 0.444. The highest BCUT2D eigenvalue weighted by molar-refractivity contribution is 5.60. The summed E-state index contributed by atoms with van der Waals surface area (Å²) in [6.45, 7) is 0. The summed E-state index contributed by atoms with van der Waals surface area (Å²) >= 11 is 0. The molecule has 1 aromatic carbocycles. The van der Waals surface area contributed by atoms with Gasteiger partial charge >= 0.3 is 0 Å². The Labute approximate surface area is 99.1 Å². The van der Waals surface area contributed by atoms with Gasteiger partial charge in [0.15, 0.2) is 17.5 Å². The lowest BCUT2D eigenvalue weighted by Crippen LogP contribution is -1.97. The Kier molecular flexibility index (Phi) is 2.98. The Hall–Kier alpha value is -2.42. The summed E-state index contributed by atoms with van der Waals surface area (Å²) in [4.78, 5) is 3.33. The van der Waals surface area contributed by atoms with Gasteiger partial charge < -0.3 is 0 Å². The molecule has 0 aliphatic heterocycles. The molecule has 0 spiro atoms. The first-order chi connectivity index (χ1) is 8.54. The first kappa shape index (κ1) is 12.0. The molecule has 2 rings (SSSR count). The lowest BCUT2D eigenvalue weighted by molar-refractivity contribution is 0.448. The third kappa shape index (κ3) is 1.91. The van der Waals surface area contributed by atoms with Crippen molar-refractivity contribution in [2.24, 2.45) is 0 Å². The zero-order valence-electron chi connectivity index (χ0n) is 8.72. The highest BCUT2D eigenvalue weighted by atomic mass is 19.2. The fraction of sp³-hybridized carbons (Fsp3) is 0. The Morgan fingerprint density at radius 1 is 0.944 bits per heavy atom. The van der Waals surface area contributed by atoms with Gasteiger partial charge in [-0.2, -0.15) is 9.65 Å². The smallest absolute Gasteiger partial charge is 0.218 e. The molecule has 2 aromatic rings. The number of nitriles is 1. The van der Waals surface area contributed by atoms with Crippen LogP contribution in [0, 0.1) is 34.7 Å². The van der Waals surface area contributed by atoms with E-state index in [2.05, 4.69) is 4.98 Å². The summed E-state index contributed by atoms with van der Waals surface area (Å²) in [5, 5.41) is 8.50. The zero-order valence-corrected chi connectivity index (χ0v) is 8.72. The second-order valence-corrected chi connectivity index (χ2v) is 3.37. The van der Waals surface area contributed by atoms with Gasteiger partial charge in [0.25, 0.3) is 0 Å². The van der Waals surface area contributed by atoms with Gasteiger partial charge in [0.2, 0.25) is 5.95 Å². The SMILES string of the molecule is N#Cc1ccc(-c2ccc(F)c(F)c2F)nc1F. The average molecular weight is 252 g/mol. The monoisotopic (exact) mass is 252 g/mol. The third-order valence-electron chi connectivity index (χ3n) is 2.28. The van der Waals surface area contributed by atoms with Crippen LogP contribution >= 0.6 is 0 Å². The van der Waals surface area contributed by atoms with Crippen LogP contribution in [-0.2, 0) is 0 Å². The van der Waals surface area contributed by atoms with Crippen molar-refractivity contribution < 1.29 is 17.6 Å². The minimum atomic E-state index is -1.65. The normalized spacial score (nSPS) is 10.2. The molecular weight excluding hydrogens is 248 g/mol. The summed E-state index contributed by atoms with van der Waals surface area (Å²) in [5.41, 5.74) is -0.915. The number of benzene rings is 1. The molecular formula is C12H4F4N2. The fourth-order valence-corrected chi connectivity index (χ4v) is 1.39. The van der Waals surface area contributed by atoms with E-state index in [-0.39, 0.29) is 16.8 Å². The van der Waals surface area contributed by atoms with E-state index in [0.717, 1.165) is 18.2 Å². The predicted octanol–water partition coefficient (Wildman–Crippen LogP) is 3.18. The molecule has 0 bridgehead atoms. The minimum Gasteiger partial charge on any atom is -0.218 e. The third-order valence-corrected chi connectivity index (χ3v) is 2.28. The van der Waals surface area contributed by atoms with E-state index in [1.54, 1.807) is 6.07 Å². The second kappa shape index (κ2) is 4.45. The topological polar surface area (TPSA) is 36.7 Å². The number of aromatic nitrogens is 1. The van der Waals surface area contributed by atoms with E-state index in [1.165, 1.54) is 0 Å². The maximum atomic E-state index is 13.4. The molecule has 0 fully saturated rings. The van der Waals surface area contributed by atoms with Gasteiger partial charge in [0.05, 0.1) is 5.69 Å². The number of pyridine rings is 1. The van der Waals surface area contributed by atoms with Crippen LogP contribution in [0.2, 0.25) is 0 Å². The lowest BCUT2D eigenvalue weighted by atomic mass is 10.1. The number of nitrogens with zero attached hydrogens (tertiary/aromatic N) is 2.